The fourth-order valence-corrected chi connectivity index (χ4v) is 5.10. The number of benzene rings is 1. The molecule has 38 heavy (non-hydrogen) atoms. The molecule has 204 valence electrons. The predicted molar refractivity (Wildman–Crippen MR) is 141 cm³/mol. The first-order chi connectivity index (χ1) is 17.9. The number of carbonyl (C=O) groups is 3. The quantitative estimate of drug-likeness (QED) is 0.548. The molecule has 1 unspecified atom stereocenters. The molecule has 1 aliphatic heterocycles. The van der Waals surface area contributed by atoms with E-state index >= 15 is 0 Å². The van der Waals surface area contributed by atoms with E-state index < -0.39 is 29.7 Å². The fourth-order valence-electron chi connectivity index (χ4n) is 5.10. The van der Waals surface area contributed by atoms with Crippen molar-refractivity contribution < 1.29 is 23.5 Å². The first kappa shape index (κ1) is 27.3. The molecule has 1 saturated heterocycles. The summed E-state index contributed by atoms with van der Waals surface area (Å²) in [6.45, 7) is 7.21. The Balaban J connectivity index is 1.45. The third kappa shape index (κ3) is 6.41. The number of anilines is 1. The highest BCUT2D eigenvalue weighted by molar-refractivity contribution is 5.91. The Bertz CT molecular complexity index is 1200. The summed E-state index contributed by atoms with van der Waals surface area (Å²) < 4.78 is 19.0. The molecule has 9 nitrogen and oxygen atoms in total. The largest absolute Gasteiger partial charge is 0.444 e. The monoisotopic (exact) mass is 525 g/mol. The van der Waals surface area contributed by atoms with Crippen molar-refractivity contribution in [2.75, 3.05) is 12.3 Å². The molecule has 4 N–H and O–H groups in total. The second-order valence-electron chi connectivity index (χ2n) is 11.1. The van der Waals surface area contributed by atoms with Crippen LogP contribution in [0.3, 0.4) is 0 Å². The Morgan fingerprint density at radius 1 is 1.13 bits per heavy atom. The zero-order chi connectivity index (χ0) is 27.6. The number of aromatic nitrogens is 1. The first-order valence-corrected chi connectivity index (χ1v) is 13.0. The van der Waals surface area contributed by atoms with E-state index in [2.05, 4.69) is 15.6 Å². The Morgan fingerprint density at radius 3 is 2.53 bits per heavy atom. The summed E-state index contributed by atoms with van der Waals surface area (Å²) in [4.78, 5) is 45.2. The minimum absolute atomic E-state index is 0.0518. The number of nitrogens with one attached hydrogen (secondary N) is 2. The molecular formula is C28H36FN5O4. The molecule has 2 aliphatic rings. The number of hydrogen-bond donors (Lipinski definition) is 3. The van der Waals surface area contributed by atoms with Crippen molar-refractivity contribution in [1.82, 2.24) is 20.5 Å². The maximum atomic E-state index is 13.5. The van der Waals surface area contributed by atoms with Gasteiger partial charge in [0.2, 0.25) is 11.8 Å². The standard InChI is InChI=1S/C28H36FN5O4/c1-16(25(35)33-22-11-10-21-20(22)9-12-24(30)32-21)31-26(36)23-15-18(17-5-7-19(29)8-6-17)13-14-34(23)27(37)38-28(2,3)4/h5-9,12,16,18,22-23H,10-11,13-15H2,1-4H3,(H2,30,32)(H,31,36)(H,33,35)/t16-,18-,22?,23+/m0/s1. The van der Waals surface area contributed by atoms with Crippen LogP contribution >= 0.6 is 0 Å². The van der Waals surface area contributed by atoms with Crippen LogP contribution in [0.4, 0.5) is 15.0 Å². The van der Waals surface area contributed by atoms with Crippen LogP contribution in [-0.2, 0) is 20.7 Å². The third-order valence-corrected chi connectivity index (χ3v) is 7.02. The number of carbonyl (C=O) groups excluding carboxylic acids is 3. The van der Waals surface area contributed by atoms with E-state index in [0.717, 1.165) is 16.8 Å². The number of ether oxygens (including phenoxy) is 1. The number of aryl methyl sites for hydroxylation is 1. The van der Waals surface area contributed by atoms with Crippen molar-refractivity contribution >= 4 is 23.7 Å². The van der Waals surface area contributed by atoms with Gasteiger partial charge in [0.1, 0.15) is 29.3 Å². The first-order valence-electron chi connectivity index (χ1n) is 13.0. The van der Waals surface area contributed by atoms with E-state index in [0.29, 0.717) is 38.0 Å². The van der Waals surface area contributed by atoms with Crippen LogP contribution in [0.25, 0.3) is 0 Å². The molecule has 1 fully saturated rings. The SMILES string of the molecule is C[C@H](NC(=O)[C@H]1C[C@@H](c2ccc(F)cc2)CCN1C(=O)OC(C)(C)C)C(=O)NC1CCc2nc(N)ccc21. The van der Waals surface area contributed by atoms with Crippen molar-refractivity contribution in [3.63, 3.8) is 0 Å². The normalized spacial score (nSPS) is 21.8. The number of nitrogens with zero attached hydrogens (tertiary/aromatic N) is 2. The Kier molecular flexibility index (Phi) is 7.89. The zero-order valence-corrected chi connectivity index (χ0v) is 22.3. The van der Waals surface area contributed by atoms with E-state index in [9.17, 15) is 18.8 Å². The van der Waals surface area contributed by atoms with Crippen LogP contribution < -0.4 is 16.4 Å². The topological polar surface area (TPSA) is 127 Å². The zero-order valence-electron chi connectivity index (χ0n) is 22.3. The smallest absolute Gasteiger partial charge is 0.410 e. The summed E-state index contributed by atoms with van der Waals surface area (Å²) in [7, 11) is 0. The fraction of sp³-hybridized carbons (Fsp3) is 0.500. The molecule has 0 bridgehead atoms. The number of pyridine rings is 1. The van der Waals surface area contributed by atoms with Gasteiger partial charge in [-0.15, -0.1) is 0 Å². The summed E-state index contributed by atoms with van der Waals surface area (Å²) in [6, 6.07) is 7.88. The number of piperidine rings is 1. The summed E-state index contributed by atoms with van der Waals surface area (Å²) in [6.07, 6.45) is 1.76. The lowest BCUT2D eigenvalue weighted by Crippen LogP contribution is -2.57. The van der Waals surface area contributed by atoms with Crippen LogP contribution in [0.5, 0.6) is 0 Å². The molecule has 4 atom stereocenters. The lowest BCUT2D eigenvalue weighted by atomic mass is 9.85. The Morgan fingerprint density at radius 2 is 1.84 bits per heavy atom. The lowest BCUT2D eigenvalue weighted by molar-refractivity contribution is -0.132. The second-order valence-corrected chi connectivity index (χ2v) is 11.1. The van der Waals surface area contributed by atoms with Crippen molar-refractivity contribution in [2.24, 2.45) is 0 Å². The number of nitrogens with two attached hydrogens (primary N) is 1. The summed E-state index contributed by atoms with van der Waals surface area (Å²) in [5.74, 6) is -0.714. The number of nitrogen functional groups attached to an aromatic ring is 1. The molecule has 2 heterocycles. The van der Waals surface area contributed by atoms with Gasteiger partial charge in [-0.05, 0) is 88.6 Å². The number of rotatable bonds is 5. The minimum atomic E-state index is -0.844. The van der Waals surface area contributed by atoms with Crippen molar-refractivity contribution in [2.45, 2.75) is 83.0 Å². The van der Waals surface area contributed by atoms with Crippen molar-refractivity contribution in [3.05, 3.63) is 59.0 Å². The van der Waals surface area contributed by atoms with Gasteiger partial charge in [-0.3, -0.25) is 14.5 Å². The van der Waals surface area contributed by atoms with Crippen LogP contribution in [0.1, 0.15) is 75.7 Å². The number of amides is 3. The summed E-state index contributed by atoms with van der Waals surface area (Å²) in [5, 5.41) is 5.78. The van der Waals surface area contributed by atoms with Gasteiger partial charge >= 0.3 is 6.09 Å². The van der Waals surface area contributed by atoms with E-state index in [1.807, 2.05) is 6.07 Å². The highest BCUT2D eigenvalue weighted by Gasteiger charge is 2.39. The third-order valence-electron chi connectivity index (χ3n) is 7.02. The van der Waals surface area contributed by atoms with Gasteiger partial charge in [-0.2, -0.15) is 0 Å². The second kappa shape index (κ2) is 11.0. The van der Waals surface area contributed by atoms with Gasteiger partial charge < -0.3 is 21.1 Å². The van der Waals surface area contributed by atoms with Crippen LogP contribution in [0.15, 0.2) is 36.4 Å². The van der Waals surface area contributed by atoms with Crippen LogP contribution in [-0.4, -0.2) is 52.0 Å². The molecule has 1 aromatic carbocycles. The lowest BCUT2D eigenvalue weighted by Gasteiger charge is -2.39. The van der Waals surface area contributed by atoms with Gasteiger partial charge in [0.05, 0.1) is 6.04 Å². The van der Waals surface area contributed by atoms with Crippen LogP contribution in [0.2, 0.25) is 0 Å². The molecule has 2 aromatic rings. The van der Waals surface area contributed by atoms with Crippen molar-refractivity contribution in [3.8, 4) is 0 Å². The number of fused-ring (bicyclic) bond motifs is 1. The molecule has 0 radical (unpaired) electrons. The average molecular weight is 526 g/mol. The average Bonchev–Trinajstić information content (AvgIpc) is 3.24. The molecule has 3 amide bonds. The molecule has 0 spiro atoms. The van der Waals surface area contributed by atoms with Crippen molar-refractivity contribution in [1.29, 1.82) is 0 Å². The molecule has 0 saturated carbocycles. The van der Waals surface area contributed by atoms with E-state index in [4.69, 9.17) is 10.5 Å². The molecule has 1 aromatic heterocycles. The van der Waals surface area contributed by atoms with Gasteiger partial charge in [0, 0.05) is 12.2 Å². The maximum Gasteiger partial charge on any atom is 0.410 e. The van der Waals surface area contributed by atoms with Gasteiger partial charge in [0.15, 0.2) is 0 Å². The summed E-state index contributed by atoms with van der Waals surface area (Å²) >= 11 is 0. The highest BCUT2D eigenvalue weighted by atomic mass is 19.1. The minimum Gasteiger partial charge on any atom is -0.444 e. The van der Waals surface area contributed by atoms with E-state index in [1.54, 1.807) is 45.9 Å². The van der Waals surface area contributed by atoms with Crippen LogP contribution in [0, 0.1) is 5.82 Å². The Labute approximate surface area is 222 Å². The maximum absolute atomic E-state index is 13.5. The van der Waals surface area contributed by atoms with Gasteiger partial charge in [0.25, 0.3) is 0 Å². The van der Waals surface area contributed by atoms with Gasteiger partial charge in [-0.25, -0.2) is 14.2 Å². The molecule has 4 rings (SSSR count). The van der Waals surface area contributed by atoms with E-state index in [1.165, 1.54) is 17.0 Å². The molecule has 1 aliphatic carbocycles. The predicted octanol–water partition coefficient (Wildman–Crippen LogP) is 3.59. The Hall–Kier alpha value is -3.69. The number of halogens is 1. The molecule has 10 heteroatoms. The summed E-state index contributed by atoms with van der Waals surface area (Å²) in [5.41, 5.74) is 7.74. The number of likely N-dealkylation sites (tertiary alicyclic amines) is 1. The highest BCUT2D eigenvalue weighted by Crippen LogP contribution is 2.33. The van der Waals surface area contributed by atoms with Gasteiger partial charge in [-0.1, -0.05) is 18.2 Å². The molecular weight excluding hydrogens is 489 g/mol. The number of hydrogen-bond acceptors (Lipinski definition) is 6. The van der Waals surface area contributed by atoms with E-state index in [-0.39, 0.29) is 23.7 Å².